The van der Waals surface area contributed by atoms with E-state index in [4.69, 9.17) is 5.73 Å². The maximum absolute atomic E-state index is 10.6. The van der Waals surface area contributed by atoms with Crippen molar-refractivity contribution in [3.05, 3.63) is 27.1 Å². The number of nitro groups is 1. The molecular weight excluding hydrogens is 212 g/mol. The Hall–Kier alpha value is -0.940. The highest BCUT2D eigenvalue weighted by Gasteiger charge is 2.54. The highest BCUT2D eigenvalue weighted by atomic mass is 32.1. The van der Waals surface area contributed by atoms with Gasteiger partial charge in [0.2, 0.25) is 0 Å². The van der Waals surface area contributed by atoms with Crippen molar-refractivity contribution in [3.8, 4) is 0 Å². The molecule has 1 saturated carbocycles. The molecule has 2 N–H and O–H groups in total. The Morgan fingerprint density at radius 2 is 2.13 bits per heavy atom. The van der Waals surface area contributed by atoms with Gasteiger partial charge < -0.3 is 5.73 Å². The van der Waals surface area contributed by atoms with Crippen molar-refractivity contribution >= 4 is 16.3 Å². The summed E-state index contributed by atoms with van der Waals surface area (Å²) in [7, 11) is 0. The summed E-state index contributed by atoms with van der Waals surface area (Å²) in [5.41, 5.74) is 5.81. The van der Waals surface area contributed by atoms with E-state index in [1.165, 1.54) is 11.3 Å². The molecule has 0 spiro atoms. The molecule has 0 radical (unpaired) electrons. The molecule has 5 heteroatoms. The molecule has 1 aromatic rings. The lowest BCUT2D eigenvalue weighted by molar-refractivity contribution is -0.380. The molecule has 0 atom stereocenters. The third kappa shape index (κ3) is 1.55. The van der Waals surface area contributed by atoms with E-state index < -0.39 is 0 Å². The topological polar surface area (TPSA) is 69.2 Å². The number of nitrogens with two attached hydrogens (primary N) is 1. The Morgan fingerprint density at radius 3 is 2.47 bits per heavy atom. The average Bonchev–Trinajstić information content (AvgIpc) is 2.77. The normalized spacial score (nSPS) is 18.9. The van der Waals surface area contributed by atoms with Crippen molar-refractivity contribution in [2.24, 2.45) is 5.73 Å². The summed E-state index contributed by atoms with van der Waals surface area (Å²) < 4.78 is 0. The first-order chi connectivity index (χ1) is 6.87. The van der Waals surface area contributed by atoms with Crippen molar-refractivity contribution in [2.45, 2.75) is 37.6 Å². The molecule has 1 aromatic heterocycles. The molecule has 0 saturated heterocycles. The van der Waals surface area contributed by atoms with Gasteiger partial charge >= 0.3 is 5.00 Å². The molecule has 82 valence electrons. The van der Waals surface area contributed by atoms with Crippen LogP contribution in [0.25, 0.3) is 0 Å². The van der Waals surface area contributed by atoms with Crippen molar-refractivity contribution in [3.63, 3.8) is 0 Å². The SMILES string of the molecule is CC(C)(N)C1(c2ccc([N+](=O)[O-])s2)CC1. The van der Waals surface area contributed by atoms with Gasteiger partial charge in [0, 0.05) is 21.9 Å². The number of rotatable bonds is 3. The summed E-state index contributed by atoms with van der Waals surface area (Å²) in [6, 6.07) is 3.43. The van der Waals surface area contributed by atoms with Crippen LogP contribution < -0.4 is 5.73 Å². The van der Waals surface area contributed by atoms with E-state index in [9.17, 15) is 10.1 Å². The number of hydrogen-bond donors (Lipinski definition) is 1. The summed E-state index contributed by atoms with van der Waals surface area (Å²) in [4.78, 5) is 11.3. The molecule has 0 unspecified atom stereocenters. The first-order valence-corrected chi connectivity index (χ1v) is 5.72. The van der Waals surface area contributed by atoms with Gasteiger partial charge in [-0.1, -0.05) is 11.3 Å². The standard InChI is InChI=1S/C10H14N2O2S/c1-9(2,11)10(5-6-10)7-3-4-8(15-7)12(13)14/h3-4H,5-6,11H2,1-2H3. The van der Waals surface area contributed by atoms with E-state index in [0.29, 0.717) is 0 Å². The Kier molecular flexibility index (Phi) is 2.13. The second-order valence-electron chi connectivity index (χ2n) is 4.70. The van der Waals surface area contributed by atoms with E-state index in [-0.39, 0.29) is 20.9 Å². The first-order valence-electron chi connectivity index (χ1n) is 4.90. The zero-order valence-electron chi connectivity index (χ0n) is 8.82. The quantitative estimate of drug-likeness (QED) is 0.635. The minimum atomic E-state index is -0.340. The number of hydrogen-bond acceptors (Lipinski definition) is 4. The molecule has 1 heterocycles. The largest absolute Gasteiger partial charge is 0.325 e. The van der Waals surface area contributed by atoms with Crippen LogP contribution in [0.1, 0.15) is 31.6 Å². The lowest BCUT2D eigenvalue weighted by Crippen LogP contribution is -2.44. The summed E-state index contributed by atoms with van der Waals surface area (Å²) in [6.45, 7) is 3.98. The van der Waals surface area contributed by atoms with Crippen molar-refractivity contribution in [2.75, 3.05) is 0 Å². The molecule has 1 aliphatic rings. The van der Waals surface area contributed by atoms with Crippen LogP contribution in [0.2, 0.25) is 0 Å². The van der Waals surface area contributed by atoms with Gasteiger partial charge in [-0.25, -0.2) is 0 Å². The van der Waals surface area contributed by atoms with Crippen LogP contribution in [-0.4, -0.2) is 10.5 Å². The first kappa shape index (κ1) is 10.6. The van der Waals surface area contributed by atoms with Gasteiger partial charge in [-0.2, -0.15) is 0 Å². The maximum Gasteiger partial charge on any atom is 0.324 e. The smallest absolute Gasteiger partial charge is 0.324 e. The van der Waals surface area contributed by atoms with E-state index in [2.05, 4.69) is 0 Å². The van der Waals surface area contributed by atoms with E-state index >= 15 is 0 Å². The summed E-state index contributed by atoms with van der Waals surface area (Å²) in [5, 5.41) is 10.8. The molecule has 1 fully saturated rings. The highest BCUT2D eigenvalue weighted by molar-refractivity contribution is 7.15. The summed E-state index contributed by atoms with van der Waals surface area (Å²) in [6.07, 6.45) is 2.07. The Bertz CT molecular complexity index is 402. The molecule has 1 aliphatic carbocycles. The maximum atomic E-state index is 10.6. The molecule has 2 rings (SSSR count). The second-order valence-corrected chi connectivity index (χ2v) is 5.76. The Morgan fingerprint density at radius 1 is 1.53 bits per heavy atom. The van der Waals surface area contributed by atoms with Crippen LogP contribution in [0.3, 0.4) is 0 Å². The van der Waals surface area contributed by atoms with Crippen molar-refractivity contribution in [1.29, 1.82) is 0 Å². The van der Waals surface area contributed by atoms with Gasteiger partial charge in [0.05, 0.1) is 4.92 Å². The average molecular weight is 226 g/mol. The predicted octanol–water partition coefficient (Wildman–Crippen LogP) is 2.43. The lowest BCUT2D eigenvalue weighted by atomic mass is 9.84. The van der Waals surface area contributed by atoms with Gasteiger partial charge in [-0.15, -0.1) is 0 Å². The van der Waals surface area contributed by atoms with Gasteiger partial charge in [-0.05, 0) is 32.8 Å². The van der Waals surface area contributed by atoms with Crippen molar-refractivity contribution < 1.29 is 4.92 Å². The van der Waals surface area contributed by atoms with Gasteiger partial charge in [0.1, 0.15) is 0 Å². The number of nitrogens with zero attached hydrogens (tertiary/aromatic N) is 1. The zero-order chi connectivity index (χ0) is 11.3. The monoisotopic (exact) mass is 226 g/mol. The third-order valence-electron chi connectivity index (χ3n) is 3.23. The molecule has 0 aromatic carbocycles. The van der Waals surface area contributed by atoms with Crippen LogP contribution in [-0.2, 0) is 5.41 Å². The Balaban J connectivity index is 2.35. The van der Waals surface area contributed by atoms with E-state index in [0.717, 1.165) is 17.7 Å². The van der Waals surface area contributed by atoms with Gasteiger partial charge in [0.25, 0.3) is 0 Å². The molecule has 4 nitrogen and oxygen atoms in total. The van der Waals surface area contributed by atoms with Crippen LogP contribution in [0.5, 0.6) is 0 Å². The fourth-order valence-electron chi connectivity index (χ4n) is 2.02. The molecule has 0 amide bonds. The summed E-state index contributed by atoms with van der Waals surface area (Å²) in [5.74, 6) is 0. The fourth-order valence-corrected chi connectivity index (χ4v) is 3.25. The third-order valence-corrected chi connectivity index (χ3v) is 4.47. The Labute approximate surface area is 92.2 Å². The predicted molar refractivity (Wildman–Crippen MR) is 60.2 cm³/mol. The molecule has 0 aliphatic heterocycles. The lowest BCUT2D eigenvalue weighted by Gasteiger charge is -2.29. The van der Waals surface area contributed by atoms with Crippen LogP contribution in [0.15, 0.2) is 12.1 Å². The minimum absolute atomic E-state index is 0.0219. The van der Waals surface area contributed by atoms with E-state index in [1.807, 2.05) is 19.9 Å². The molecule has 0 bridgehead atoms. The van der Waals surface area contributed by atoms with Crippen molar-refractivity contribution in [1.82, 2.24) is 0 Å². The van der Waals surface area contributed by atoms with Gasteiger partial charge in [0.15, 0.2) is 0 Å². The molecular formula is C10H14N2O2S. The zero-order valence-corrected chi connectivity index (χ0v) is 9.63. The molecule has 15 heavy (non-hydrogen) atoms. The number of thiophene rings is 1. The van der Waals surface area contributed by atoms with E-state index in [1.54, 1.807) is 6.07 Å². The second kappa shape index (κ2) is 3.02. The van der Waals surface area contributed by atoms with Crippen LogP contribution in [0, 0.1) is 10.1 Å². The highest BCUT2D eigenvalue weighted by Crippen LogP contribution is 2.57. The summed E-state index contributed by atoms with van der Waals surface area (Å²) >= 11 is 1.26. The van der Waals surface area contributed by atoms with Crippen LogP contribution in [0.4, 0.5) is 5.00 Å². The van der Waals surface area contributed by atoms with Gasteiger partial charge in [-0.3, -0.25) is 10.1 Å². The minimum Gasteiger partial charge on any atom is -0.325 e. The fraction of sp³-hybridized carbons (Fsp3) is 0.600. The van der Waals surface area contributed by atoms with Crippen LogP contribution >= 0.6 is 11.3 Å².